The fourth-order valence-corrected chi connectivity index (χ4v) is 9.43. The first-order chi connectivity index (χ1) is 27.8. The highest BCUT2D eigenvalue weighted by Crippen LogP contribution is 2.57. The molecule has 10 aromatic rings. The summed E-state index contributed by atoms with van der Waals surface area (Å²) >= 11 is 1.88. The minimum atomic E-state index is 0.698. The van der Waals surface area contributed by atoms with E-state index in [9.17, 15) is 0 Å². The molecule has 1 aliphatic rings. The van der Waals surface area contributed by atoms with Gasteiger partial charge in [-0.3, -0.25) is 0 Å². The molecule has 2 aromatic heterocycles. The average Bonchev–Trinajstić information content (AvgIpc) is 3.60. The highest BCUT2D eigenvalue weighted by Gasteiger charge is 2.30. The zero-order valence-corrected chi connectivity index (χ0v) is 31.1. The highest BCUT2D eigenvalue weighted by molar-refractivity contribution is 7.23. The second-order valence-corrected chi connectivity index (χ2v) is 15.2. The summed E-state index contributed by atoms with van der Waals surface area (Å²) in [6, 6.07) is 71.4. The van der Waals surface area contributed by atoms with E-state index in [2.05, 4.69) is 181 Å². The Morgan fingerprint density at radius 2 is 1.02 bits per heavy atom. The zero-order chi connectivity index (χ0) is 37.0. The fourth-order valence-electron chi connectivity index (χ4n) is 8.19. The van der Waals surface area contributed by atoms with Crippen molar-refractivity contribution in [3.05, 3.63) is 200 Å². The molecule has 0 bridgehead atoms. The summed E-state index contributed by atoms with van der Waals surface area (Å²) in [5, 5.41) is 3.76. The van der Waals surface area contributed by atoms with E-state index >= 15 is 0 Å². The molecule has 0 N–H and O–H groups in total. The first-order valence-electron chi connectivity index (χ1n) is 18.9. The third kappa shape index (κ3) is 5.42. The van der Waals surface area contributed by atoms with Gasteiger partial charge in [-0.2, -0.15) is 0 Å². The maximum Gasteiger partial charge on any atom is 0.160 e. The van der Waals surface area contributed by atoms with E-state index in [0.717, 1.165) is 45.1 Å². The Bertz CT molecular complexity index is 3080. The van der Waals surface area contributed by atoms with Crippen LogP contribution in [0.15, 0.2) is 200 Å². The summed E-state index contributed by atoms with van der Waals surface area (Å²) in [6.07, 6.45) is 0. The summed E-state index contributed by atoms with van der Waals surface area (Å²) in [4.78, 5) is 14.1. The van der Waals surface area contributed by atoms with Crippen LogP contribution in [0.2, 0.25) is 0 Å². The van der Waals surface area contributed by atoms with Crippen LogP contribution >= 0.6 is 11.3 Å². The van der Waals surface area contributed by atoms with Crippen LogP contribution in [-0.2, 0) is 0 Å². The fraction of sp³-hybridized carbons (Fsp3) is 0. The summed E-state index contributed by atoms with van der Waals surface area (Å²) in [7, 11) is 0. The standard InChI is InChI=1S/C52H33N3S/c1-3-14-34(15-4-1)35-26-28-37(29-27-35)44-33-45(54-52(53-44)38-17-5-2-6-18-38)39-19-13-20-40(32-39)55-46-24-11-9-22-42(46)51-50(43-23-10-12-25-48(43)56-51)49-41-21-8-7-16-36(41)30-31-47(49)55/h1-33H. The van der Waals surface area contributed by atoms with Gasteiger partial charge in [0, 0.05) is 54.0 Å². The van der Waals surface area contributed by atoms with Crippen LogP contribution < -0.4 is 4.90 Å². The monoisotopic (exact) mass is 731 g/mol. The van der Waals surface area contributed by atoms with Gasteiger partial charge in [-0.1, -0.05) is 164 Å². The molecule has 0 amide bonds. The number of para-hydroxylation sites is 1. The first-order valence-corrected chi connectivity index (χ1v) is 19.7. The van der Waals surface area contributed by atoms with Gasteiger partial charge in [-0.05, 0) is 58.3 Å². The summed E-state index contributed by atoms with van der Waals surface area (Å²) in [5.41, 5.74) is 14.3. The van der Waals surface area contributed by atoms with Crippen molar-refractivity contribution in [3.8, 4) is 66.6 Å². The predicted octanol–water partition coefficient (Wildman–Crippen LogP) is 14.6. The molecule has 0 spiro atoms. The largest absolute Gasteiger partial charge is 0.309 e. The van der Waals surface area contributed by atoms with Crippen molar-refractivity contribution in [2.45, 2.75) is 0 Å². The molecule has 0 radical (unpaired) electrons. The maximum atomic E-state index is 5.23. The van der Waals surface area contributed by atoms with Crippen molar-refractivity contribution in [1.29, 1.82) is 0 Å². The van der Waals surface area contributed by atoms with E-state index in [-0.39, 0.29) is 0 Å². The van der Waals surface area contributed by atoms with Gasteiger partial charge >= 0.3 is 0 Å². The lowest BCUT2D eigenvalue weighted by Gasteiger charge is -2.28. The maximum absolute atomic E-state index is 5.23. The van der Waals surface area contributed by atoms with Crippen molar-refractivity contribution in [2.75, 3.05) is 4.90 Å². The van der Waals surface area contributed by atoms with Crippen molar-refractivity contribution >= 4 is 49.3 Å². The van der Waals surface area contributed by atoms with E-state index < -0.39 is 0 Å². The lowest BCUT2D eigenvalue weighted by atomic mass is 9.93. The van der Waals surface area contributed by atoms with E-state index in [1.54, 1.807) is 0 Å². The second kappa shape index (κ2) is 13.3. The number of thiophene rings is 1. The summed E-state index contributed by atoms with van der Waals surface area (Å²) < 4.78 is 1.30. The quantitative estimate of drug-likeness (QED) is 0.176. The van der Waals surface area contributed by atoms with Gasteiger partial charge in [0.05, 0.1) is 22.8 Å². The van der Waals surface area contributed by atoms with Gasteiger partial charge in [0.2, 0.25) is 0 Å². The molecule has 262 valence electrons. The van der Waals surface area contributed by atoms with E-state index in [1.165, 1.54) is 53.6 Å². The van der Waals surface area contributed by atoms with E-state index in [0.29, 0.717) is 5.82 Å². The number of nitrogens with zero attached hydrogens (tertiary/aromatic N) is 3. The van der Waals surface area contributed by atoms with Crippen LogP contribution in [0.4, 0.5) is 17.1 Å². The first kappa shape index (κ1) is 32.3. The van der Waals surface area contributed by atoms with Crippen molar-refractivity contribution in [3.63, 3.8) is 0 Å². The topological polar surface area (TPSA) is 29.0 Å². The third-order valence-electron chi connectivity index (χ3n) is 10.8. The predicted molar refractivity (Wildman–Crippen MR) is 236 cm³/mol. The Labute approximate surface area is 329 Å². The Balaban J connectivity index is 1.10. The molecule has 0 unspecified atom stereocenters. The SMILES string of the molecule is c1ccc(-c2ccc(-c3cc(-c4cccc(N5c6ccccc6-c6sc7ccccc7c6-c6c5ccc5ccccc65)c4)nc(-c4ccccc4)n3)cc2)cc1. The molecule has 0 atom stereocenters. The molecule has 4 heteroatoms. The third-order valence-corrected chi connectivity index (χ3v) is 12.0. The summed E-state index contributed by atoms with van der Waals surface area (Å²) in [6.45, 7) is 0. The Morgan fingerprint density at radius 1 is 0.393 bits per heavy atom. The number of hydrogen-bond acceptors (Lipinski definition) is 4. The molecule has 0 saturated heterocycles. The lowest BCUT2D eigenvalue weighted by molar-refractivity contribution is 1.18. The minimum absolute atomic E-state index is 0.698. The molecule has 8 aromatic carbocycles. The molecule has 11 rings (SSSR count). The number of hydrogen-bond donors (Lipinski definition) is 0. The van der Waals surface area contributed by atoms with Gasteiger partial charge < -0.3 is 4.90 Å². The molecular weight excluding hydrogens is 699 g/mol. The highest BCUT2D eigenvalue weighted by atomic mass is 32.1. The number of rotatable bonds is 5. The van der Waals surface area contributed by atoms with Crippen LogP contribution in [0, 0.1) is 0 Å². The van der Waals surface area contributed by atoms with Gasteiger partial charge in [-0.25, -0.2) is 9.97 Å². The Hall–Kier alpha value is -7.14. The smallest absolute Gasteiger partial charge is 0.160 e. The van der Waals surface area contributed by atoms with Crippen LogP contribution in [0.3, 0.4) is 0 Å². The van der Waals surface area contributed by atoms with Gasteiger partial charge in [0.1, 0.15) is 0 Å². The summed E-state index contributed by atoms with van der Waals surface area (Å²) in [5.74, 6) is 0.698. The van der Waals surface area contributed by atoms with E-state index in [4.69, 9.17) is 9.97 Å². The lowest BCUT2D eigenvalue weighted by Crippen LogP contribution is -2.11. The molecule has 0 aliphatic carbocycles. The van der Waals surface area contributed by atoms with Crippen molar-refractivity contribution in [2.24, 2.45) is 0 Å². The van der Waals surface area contributed by atoms with Crippen LogP contribution in [0.25, 0.3) is 87.5 Å². The van der Waals surface area contributed by atoms with E-state index in [1.807, 2.05) is 35.6 Å². The number of aromatic nitrogens is 2. The van der Waals surface area contributed by atoms with Crippen molar-refractivity contribution < 1.29 is 0 Å². The van der Waals surface area contributed by atoms with Gasteiger partial charge in [-0.15, -0.1) is 11.3 Å². The number of anilines is 3. The van der Waals surface area contributed by atoms with Crippen LogP contribution in [0.5, 0.6) is 0 Å². The molecule has 0 saturated carbocycles. The molecule has 1 aliphatic heterocycles. The molecule has 3 heterocycles. The van der Waals surface area contributed by atoms with Gasteiger partial charge in [0.25, 0.3) is 0 Å². The normalized spacial score (nSPS) is 11.9. The number of benzene rings is 8. The van der Waals surface area contributed by atoms with Crippen LogP contribution in [-0.4, -0.2) is 9.97 Å². The molecule has 3 nitrogen and oxygen atoms in total. The molecular formula is C52H33N3S. The zero-order valence-electron chi connectivity index (χ0n) is 30.3. The minimum Gasteiger partial charge on any atom is -0.309 e. The Morgan fingerprint density at radius 3 is 1.84 bits per heavy atom. The van der Waals surface area contributed by atoms with Crippen LogP contribution in [0.1, 0.15) is 0 Å². The molecule has 56 heavy (non-hydrogen) atoms. The average molecular weight is 732 g/mol. The number of fused-ring (bicyclic) bond motifs is 9. The molecule has 0 fully saturated rings. The Kier molecular flexibility index (Phi) is 7.68. The second-order valence-electron chi connectivity index (χ2n) is 14.2. The van der Waals surface area contributed by atoms with Crippen molar-refractivity contribution in [1.82, 2.24) is 9.97 Å². The van der Waals surface area contributed by atoms with Gasteiger partial charge in [0.15, 0.2) is 5.82 Å².